The Morgan fingerprint density at radius 2 is 1.05 bits per heavy atom. The first kappa shape index (κ1) is 64.5. The first-order chi connectivity index (χ1) is 37.8. The normalized spacial score (nSPS) is 21.0. The third-order valence-electron chi connectivity index (χ3n) is 12.8. The van der Waals surface area contributed by atoms with Crippen molar-refractivity contribution in [3.8, 4) is 11.5 Å². The fourth-order valence-electron chi connectivity index (χ4n) is 8.19. The van der Waals surface area contributed by atoms with Gasteiger partial charge in [-0.05, 0) is 125 Å². The number of thioether (sulfide) groups is 2. The molecule has 0 saturated heterocycles. The fourth-order valence-corrected chi connectivity index (χ4v) is 11.3. The summed E-state index contributed by atoms with van der Waals surface area (Å²) in [6, 6.07) is 13.6. The molecule has 8 rings (SSSR count). The molecule has 0 bridgehead atoms. The van der Waals surface area contributed by atoms with Crippen molar-refractivity contribution in [1.29, 1.82) is 0 Å². The number of methoxy groups -OCH3 is 4. The van der Waals surface area contributed by atoms with Gasteiger partial charge in [-0.15, -0.1) is 0 Å². The van der Waals surface area contributed by atoms with Crippen LogP contribution in [0.25, 0.3) is 0 Å². The first-order valence-electron chi connectivity index (χ1n) is 24.2. The monoisotopic (exact) mass is 1190 g/mol. The lowest BCUT2D eigenvalue weighted by atomic mass is 9.86. The van der Waals surface area contributed by atoms with Crippen LogP contribution in [0, 0.1) is 56.9 Å². The summed E-state index contributed by atoms with van der Waals surface area (Å²) in [7, 11) is 5.49. The average Bonchev–Trinajstić information content (AvgIpc) is 4.24. The molecule has 3 N–H and O–H groups in total. The lowest BCUT2D eigenvalue weighted by Gasteiger charge is -2.45. The van der Waals surface area contributed by atoms with Gasteiger partial charge in [0.15, 0.2) is 15.8 Å². The van der Waals surface area contributed by atoms with Crippen LogP contribution < -0.4 is 15.2 Å². The van der Waals surface area contributed by atoms with Gasteiger partial charge in [0.05, 0.1) is 13.2 Å². The van der Waals surface area contributed by atoms with Crippen molar-refractivity contribution < 1.29 is 84.0 Å². The predicted octanol–water partition coefficient (Wildman–Crippen LogP) is 8.38. The topological polar surface area (TPSA) is 244 Å². The van der Waals surface area contributed by atoms with Crippen molar-refractivity contribution in [3.05, 3.63) is 140 Å². The molecule has 0 aliphatic carbocycles. The lowest BCUT2D eigenvalue weighted by molar-refractivity contribution is -0.482. The Balaban J connectivity index is 0.000000238. The maximum absolute atomic E-state index is 14.7. The zero-order valence-corrected chi connectivity index (χ0v) is 46.6. The van der Waals surface area contributed by atoms with Crippen LogP contribution in [0.1, 0.15) is 62.8 Å². The van der Waals surface area contributed by atoms with Crippen molar-refractivity contribution >= 4 is 68.2 Å². The third-order valence-corrected chi connectivity index (χ3v) is 16.2. The molecule has 434 valence electrons. The summed E-state index contributed by atoms with van der Waals surface area (Å²) in [6.45, 7) is 6.06. The standard InChI is InChI=1S/C22H20F3N3O5S.C22H22F3N3O3S.C4H7ClO2.C4H8O3/c1-12(32-2)21(29)28-22(34-20(26-28)16-9-14(23)3-5-18(16)25)13(7-8-27(30)31)11-33-19-6-4-15(24)10-17(19)22;1-12(30-2)21(29)28-22(32-20(27-28)16-9-14(23)3-5-18(16)25)13(7-8-26)11-31-19-6-4-15(24)10-17(19)22;2*1-3(7-2)4(5)6/h3-6,9-10,12-13H,7-8,11H2,1-2H3;3-6,9-10,12-13H,7-8,11,26H2,1-2H3;3H,1-2H3;3H,1-2H3,(H,5,6)/t2*12-,13?,22?;2*3-/m0000/s1. The van der Waals surface area contributed by atoms with Crippen LogP contribution in [0.2, 0.25) is 0 Å². The number of aliphatic carboxylic acids is 1. The highest BCUT2D eigenvalue weighted by molar-refractivity contribution is 8.15. The van der Waals surface area contributed by atoms with Crippen molar-refractivity contribution in [2.75, 3.05) is 54.7 Å². The second-order valence-corrected chi connectivity index (χ2v) is 20.6. The number of carbonyl (C=O) groups excluding carboxylic acids is 3. The van der Waals surface area contributed by atoms with Gasteiger partial charge in [0.25, 0.3) is 11.8 Å². The summed E-state index contributed by atoms with van der Waals surface area (Å²) in [4.78, 5) is 54.5. The molecule has 4 aromatic carbocycles. The molecule has 8 atom stereocenters. The summed E-state index contributed by atoms with van der Waals surface area (Å²) in [6.07, 6.45) is -2.65. The highest BCUT2D eigenvalue weighted by Gasteiger charge is 2.60. The number of rotatable bonds is 15. The van der Waals surface area contributed by atoms with Gasteiger partial charge < -0.3 is 39.3 Å². The fraction of sp³-hybridized carbons (Fsp3) is 0.423. The van der Waals surface area contributed by atoms with Gasteiger partial charge in [0, 0.05) is 73.9 Å². The van der Waals surface area contributed by atoms with E-state index in [9.17, 15) is 55.6 Å². The van der Waals surface area contributed by atoms with Crippen molar-refractivity contribution in [1.82, 2.24) is 10.0 Å². The minimum Gasteiger partial charge on any atom is -0.493 e. The molecule has 4 aliphatic rings. The Labute approximate surface area is 469 Å². The number of nitro groups is 1. The van der Waals surface area contributed by atoms with E-state index in [0.717, 1.165) is 64.9 Å². The van der Waals surface area contributed by atoms with E-state index in [2.05, 4.69) is 19.7 Å². The van der Waals surface area contributed by atoms with Gasteiger partial charge in [-0.2, -0.15) is 10.2 Å². The van der Waals surface area contributed by atoms with Crippen LogP contribution in [0.5, 0.6) is 11.5 Å². The number of hydrogen-bond donors (Lipinski definition) is 2. The predicted molar refractivity (Wildman–Crippen MR) is 283 cm³/mol. The van der Waals surface area contributed by atoms with Crippen molar-refractivity contribution in [2.45, 2.75) is 74.7 Å². The maximum Gasteiger partial charge on any atom is 0.332 e. The van der Waals surface area contributed by atoms with E-state index < -0.39 is 115 Å². The highest BCUT2D eigenvalue weighted by atomic mass is 35.5. The molecule has 19 nitrogen and oxygen atoms in total. The van der Waals surface area contributed by atoms with Crippen molar-refractivity contribution in [3.63, 3.8) is 0 Å². The minimum absolute atomic E-state index is 0.0307. The van der Waals surface area contributed by atoms with E-state index in [1.165, 1.54) is 83.7 Å². The largest absolute Gasteiger partial charge is 0.493 e. The van der Waals surface area contributed by atoms with Crippen LogP contribution in [0.15, 0.2) is 83.0 Å². The number of halogens is 7. The molecule has 2 amide bonds. The number of hydrogen-bond acceptors (Lipinski definition) is 17. The summed E-state index contributed by atoms with van der Waals surface area (Å²) >= 11 is 6.94. The number of carboxylic acid groups (broad SMARTS) is 1. The van der Waals surface area contributed by atoms with E-state index in [-0.39, 0.29) is 58.7 Å². The number of nitrogens with two attached hydrogens (primary N) is 1. The third kappa shape index (κ3) is 14.4. The molecule has 4 heterocycles. The second kappa shape index (κ2) is 28.4. The number of fused-ring (bicyclic) bond motifs is 4. The Bertz CT molecular complexity index is 2970. The Morgan fingerprint density at radius 3 is 1.38 bits per heavy atom. The van der Waals surface area contributed by atoms with E-state index in [0.29, 0.717) is 17.7 Å². The molecule has 28 heteroatoms. The molecule has 4 aromatic rings. The van der Waals surface area contributed by atoms with Gasteiger partial charge in [0.1, 0.15) is 74.8 Å². The van der Waals surface area contributed by atoms with Crippen LogP contribution in [0.4, 0.5) is 26.3 Å². The van der Waals surface area contributed by atoms with Gasteiger partial charge in [-0.1, -0.05) is 23.5 Å². The zero-order chi connectivity index (χ0) is 59.4. The highest BCUT2D eigenvalue weighted by Crippen LogP contribution is 2.59. The van der Waals surface area contributed by atoms with Crippen LogP contribution in [-0.4, -0.2) is 132 Å². The Kier molecular flexibility index (Phi) is 22.9. The second-order valence-electron chi connectivity index (χ2n) is 17.8. The number of benzene rings is 4. The smallest absolute Gasteiger partial charge is 0.332 e. The van der Waals surface area contributed by atoms with Gasteiger partial charge >= 0.3 is 5.97 Å². The van der Waals surface area contributed by atoms with Gasteiger partial charge in [-0.3, -0.25) is 24.5 Å². The van der Waals surface area contributed by atoms with Gasteiger partial charge in [-0.25, -0.2) is 41.2 Å². The van der Waals surface area contributed by atoms with E-state index >= 15 is 0 Å². The van der Waals surface area contributed by atoms with E-state index in [1.54, 1.807) is 13.8 Å². The SMILES string of the molecule is CO[C@@H](C)C(=O)Cl.CO[C@@H](C)C(=O)N1N=C(c2cc(F)ccc2F)SC12c1cc(F)ccc1OCC2CCN.CO[C@@H](C)C(=O)N1N=C(c2cc(F)ccc2F)SC12c1cc(F)ccc1OCC2CC[N+](=O)[O-].CO[C@@H](C)C(=O)O. The zero-order valence-electron chi connectivity index (χ0n) is 44.3. The summed E-state index contributed by atoms with van der Waals surface area (Å²) < 4.78 is 117. The molecule has 80 heavy (non-hydrogen) atoms. The minimum atomic E-state index is -1.51. The molecule has 0 fully saturated rings. The summed E-state index contributed by atoms with van der Waals surface area (Å²) in [5.41, 5.74) is 6.15. The molecular weight excluding hydrogens is 1130 g/mol. The Morgan fingerprint density at radius 1 is 0.675 bits per heavy atom. The first-order valence-corrected chi connectivity index (χ1v) is 26.2. The quantitative estimate of drug-likeness (QED) is 0.0491. The van der Waals surface area contributed by atoms with E-state index in [1.807, 2.05) is 0 Å². The van der Waals surface area contributed by atoms with Crippen molar-refractivity contribution in [2.24, 2.45) is 27.8 Å². The molecule has 4 unspecified atom stereocenters. The molecule has 4 aliphatic heterocycles. The maximum atomic E-state index is 14.7. The number of nitrogens with zero attached hydrogens (tertiary/aromatic N) is 5. The number of carboxylic acids is 1. The molecule has 0 radical (unpaired) electrons. The summed E-state index contributed by atoms with van der Waals surface area (Å²) in [5, 5.41) is 29.8. The Hall–Kier alpha value is -6.33. The molecular formula is C52H57ClF6N6O13S2. The van der Waals surface area contributed by atoms with Crippen LogP contribution >= 0.6 is 35.1 Å². The summed E-state index contributed by atoms with van der Waals surface area (Å²) in [5.74, 6) is -6.56. The van der Waals surface area contributed by atoms with Crippen LogP contribution in [0.3, 0.4) is 0 Å². The number of ether oxygens (including phenoxy) is 6. The average molecular weight is 1190 g/mol. The number of carbonyl (C=O) groups is 4. The lowest BCUT2D eigenvalue weighted by Crippen LogP contribution is -2.53. The molecule has 0 saturated carbocycles. The molecule has 2 spiro atoms. The van der Waals surface area contributed by atoms with Gasteiger partial charge in [0.2, 0.25) is 11.8 Å². The molecule has 0 aromatic heterocycles. The van der Waals surface area contributed by atoms with E-state index in [4.69, 9.17) is 41.4 Å². The number of hydrazone groups is 2. The van der Waals surface area contributed by atoms with Crippen LogP contribution in [-0.2, 0) is 47.9 Å². The number of amides is 2.